The summed E-state index contributed by atoms with van der Waals surface area (Å²) in [7, 11) is 2.75. The highest BCUT2D eigenvalue weighted by molar-refractivity contribution is 5.99. The van der Waals surface area contributed by atoms with Crippen molar-refractivity contribution < 1.29 is 34.0 Å². The molecule has 1 fully saturated rings. The summed E-state index contributed by atoms with van der Waals surface area (Å²) in [6.07, 6.45) is 0.202. The van der Waals surface area contributed by atoms with E-state index in [-0.39, 0.29) is 18.7 Å². The van der Waals surface area contributed by atoms with Gasteiger partial charge < -0.3 is 24.4 Å². The molecule has 0 radical (unpaired) electrons. The van der Waals surface area contributed by atoms with Crippen LogP contribution in [0.5, 0.6) is 11.5 Å². The Labute approximate surface area is 154 Å². The van der Waals surface area contributed by atoms with E-state index >= 15 is 0 Å². The maximum atomic E-state index is 12.7. The Bertz CT molecular complexity index is 912. The number of hydrogen-bond acceptors (Lipinski definition) is 7. The number of piperidine rings is 1. The van der Waals surface area contributed by atoms with Crippen LogP contribution < -0.4 is 9.47 Å². The molecule has 0 aromatic heterocycles. The van der Waals surface area contributed by atoms with Crippen LogP contribution in [0.25, 0.3) is 0 Å². The highest BCUT2D eigenvalue weighted by atomic mass is 16.5. The Morgan fingerprint density at radius 3 is 2.85 bits per heavy atom. The van der Waals surface area contributed by atoms with Crippen molar-refractivity contribution in [1.82, 2.24) is 4.90 Å². The van der Waals surface area contributed by atoms with Gasteiger partial charge in [0.15, 0.2) is 23.4 Å². The van der Waals surface area contributed by atoms with Gasteiger partial charge in [-0.25, -0.2) is 4.79 Å². The third-order valence-electron chi connectivity index (χ3n) is 6.54. The van der Waals surface area contributed by atoms with Crippen molar-refractivity contribution in [3.05, 3.63) is 35.4 Å². The molecule has 2 bridgehead atoms. The van der Waals surface area contributed by atoms with E-state index in [2.05, 4.69) is 0 Å². The van der Waals surface area contributed by atoms with Crippen LogP contribution in [0.1, 0.15) is 23.7 Å². The van der Waals surface area contributed by atoms with Gasteiger partial charge in [-0.15, -0.1) is 0 Å². The summed E-state index contributed by atoms with van der Waals surface area (Å²) in [4.78, 5) is 26.4. The van der Waals surface area contributed by atoms with Gasteiger partial charge in [0.1, 0.15) is 11.7 Å². The number of amides is 1. The topological polar surface area (TPSA) is 106 Å². The second-order valence-corrected chi connectivity index (χ2v) is 7.39. The molecular formula is C19H19NO7. The summed E-state index contributed by atoms with van der Waals surface area (Å²) in [5.74, 6) is 0.554. The second-order valence-electron chi connectivity index (χ2n) is 7.39. The first kappa shape index (κ1) is 16.6. The van der Waals surface area contributed by atoms with Crippen LogP contribution in [0.4, 0.5) is 4.79 Å². The molecule has 1 spiro atoms. The summed E-state index contributed by atoms with van der Waals surface area (Å²) in [6, 6.07) is 2.36. The van der Waals surface area contributed by atoms with E-state index in [1.807, 2.05) is 0 Å². The van der Waals surface area contributed by atoms with Gasteiger partial charge in [-0.05, 0) is 30.2 Å². The first-order valence-corrected chi connectivity index (χ1v) is 8.77. The zero-order valence-corrected chi connectivity index (χ0v) is 14.8. The summed E-state index contributed by atoms with van der Waals surface area (Å²) >= 11 is 0. The molecule has 5 rings (SSSR count). The molecule has 2 aliphatic heterocycles. The molecule has 2 N–H and O–H groups in total. The van der Waals surface area contributed by atoms with Crippen molar-refractivity contribution in [1.29, 1.82) is 0 Å². The van der Waals surface area contributed by atoms with E-state index in [1.165, 1.54) is 31.3 Å². The van der Waals surface area contributed by atoms with E-state index in [4.69, 9.17) is 14.2 Å². The van der Waals surface area contributed by atoms with Crippen LogP contribution in [-0.2, 0) is 14.9 Å². The third-order valence-corrected chi connectivity index (χ3v) is 6.54. The molecule has 5 atom stereocenters. The quantitative estimate of drug-likeness (QED) is 0.736. The number of hydrogen-bond donors (Lipinski definition) is 2. The number of ether oxygens (including phenoxy) is 3. The van der Waals surface area contributed by atoms with E-state index in [9.17, 15) is 19.8 Å². The molecular weight excluding hydrogens is 354 g/mol. The molecule has 1 saturated heterocycles. The smallest absolute Gasteiger partial charge is 0.409 e. The molecule has 4 aliphatic rings. The lowest BCUT2D eigenvalue weighted by atomic mass is 9.50. The van der Waals surface area contributed by atoms with Crippen molar-refractivity contribution in [2.75, 3.05) is 20.8 Å². The number of carbonyl (C=O) groups is 2. The number of rotatable bonds is 1. The molecule has 2 aliphatic carbocycles. The predicted octanol–water partition coefficient (Wildman–Crippen LogP) is 0.452. The van der Waals surface area contributed by atoms with Gasteiger partial charge in [-0.1, -0.05) is 6.07 Å². The summed E-state index contributed by atoms with van der Waals surface area (Å²) < 4.78 is 16.3. The van der Waals surface area contributed by atoms with Crippen LogP contribution in [0.2, 0.25) is 0 Å². The Kier molecular flexibility index (Phi) is 3.08. The zero-order chi connectivity index (χ0) is 19.1. The van der Waals surface area contributed by atoms with Crippen LogP contribution in [0, 0.1) is 0 Å². The summed E-state index contributed by atoms with van der Waals surface area (Å²) in [6.45, 7) is 0.216. The van der Waals surface area contributed by atoms with Crippen LogP contribution in [-0.4, -0.2) is 65.5 Å². The van der Waals surface area contributed by atoms with Gasteiger partial charge in [0, 0.05) is 12.1 Å². The van der Waals surface area contributed by atoms with Crippen LogP contribution in [0.3, 0.4) is 0 Å². The zero-order valence-electron chi connectivity index (χ0n) is 14.8. The summed E-state index contributed by atoms with van der Waals surface area (Å²) in [5.41, 5.74) is -1.64. The lowest BCUT2D eigenvalue weighted by molar-refractivity contribution is -0.170. The van der Waals surface area contributed by atoms with Gasteiger partial charge in [-0.2, -0.15) is 0 Å². The second kappa shape index (κ2) is 5.02. The fourth-order valence-corrected chi connectivity index (χ4v) is 5.46. The largest absolute Gasteiger partial charge is 0.493 e. The molecule has 1 aromatic carbocycles. The van der Waals surface area contributed by atoms with E-state index in [0.29, 0.717) is 22.6 Å². The molecule has 8 nitrogen and oxygen atoms in total. The monoisotopic (exact) mass is 373 g/mol. The number of aliphatic hydroxyl groups is 2. The van der Waals surface area contributed by atoms with E-state index in [1.54, 1.807) is 12.1 Å². The Morgan fingerprint density at radius 2 is 2.15 bits per heavy atom. The number of methoxy groups -OCH3 is 2. The number of nitrogens with zero attached hydrogens (tertiary/aromatic N) is 1. The maximum absolute atomic E-state index is 12.7. The number of likely N-dealkylation sites (tertiary alicyclic amines) is 1. The molecule has 0 unspecified atom stereocenters. The number of benzene rings is 1. The van der Waals surface area contributed by atoms with Crippen molar-refractivity contribution >= 4 is 11.9 Å². The van der Waals surface area contributed by atoms with Gasteiger partial charge in [-0.3, -0.25) is 9.69 Å². The SMILES string of the molecule is COC(=O)N1CC[C@]23c4c5ccc(OC)c4O[C@H]2C(=O)C=C[C@@]3(O)[C@H]1[C@@H]5O. The highest BCUT2D eigenvalue weighted by Gasteiger charge is 2.74. The van der Waals surface area contributed by atoms with Gasteiger partial charge in [0.25, 0.3) is 0 Å². The normalized spacial score (nSPS) is 37.6. The van der Waals surface area contributed by atoms with Crippen molar-refractivity contribution in [3.8, 4) is 11.5 Å². The molecule has 27 heavy (non-hydrogen) atoms. The lowest BCUT2D eigenvalue weighted by Crippen LogP contribution is -2.76. The number of ketones is 1. The average Bonchev–Trinajstić information content (AvgIpc) is 3.02. The summed E-state index contributed by atoms with van der Waals surface area (Å²) in [5, 5.41) is 22.9. The molecule has 0 saturated carbocycles. The van der Waals surface area contributed by atoms with Gasteiger partial charge in [0.05, 0.1) is 25.7 Å². The van der Waals surface area contributed by atoms with Crippen LogP contribution in [0.15, 0.2) is 24.3 Å². The minimum absolute atomic E-state index is 0.216. The maximum Gasteiger partial charge on any atom is 0.409 e. The van der Waals surface area contributed by atoms with Gasteiger partial charge >= 0.3 is 6.09 Å². The Morgan fingerprint density at radius 1 is 1.37 bits per heavy atom. The van der Waals surface area contributed by atoms with Gasteiger partial charge in [0.2, 0.25) is 0 Å². The average molecular weight is 373 g/mol. The molecule has 8 heteroatoms. The Hall–Kier alpha value is -2.58. The molecule has 142 valence electrons. The fraction of sp³-hybridized carbons (Fsp3) is 0.474. The third kappa shape index (κ3) is 1.62. The molecule has 1 aromatic rings. The van der Waals surface area contributed by atoms with Crippen molar-refractivity contribution in [2.45, 2.75) is 35.7 Å². The van der Waals surface area contributed by atoms with Crippen LogP contribution >= 0.6 is 0 Å². The molecule has 2 heterocycles. The fourth-order valence-electron chi connectivity index (χ4n) is 5.46. The van der Waals surface area contributed by atoms with E-state index < -0.39 is 35.4 Å². The first-order valence-electron chi connectivity index (χ1n) is 8.77. The number of aliphatic hydroxyl groups excluding tert-OH is 1. The van der Waals surface area contributed by atoms with E-state index in [0.717, 1.165) is 0 Å². The highest BCUT2D eigenvalue weighted by Crippen LogP contribution is 2.65. The minimum atomic E-state index is -1.68. The Balaban J connectivity index is 1.85. The van der Waals surface area contributed by atoms with Crippen molar-refractivity contribution in [3.63, 3.8) is 0 Å². The minimum Gasteiger partial charge on any atom is -0.493 e. The van der Waals surface area contributed by atoms with Crippen molar-refractivity contribution in [2.24, 2.45) is 0 Å². The molecule has 1 amide bonds. The number of carbonyl (C=O) groups excluding carboxylic acids is 2. The predicted molar refractivity (Wildman–Crippen MR) is 90.7 cm³/mol. The first-order chi connectivity index (χ1) is 12.9. The lowest BCUT2D eigenvalue weighted by Gasteiger charge is -2.61. The standard InChI is InChI=1S/C19H19NO7/c1-25-11-4-3-9-12-14(11)27-16-10(21)5-6-19(24)15(13(9)22)20(17(23)26-2)8-7-18(12,16)19/h3-6,13,15-16,22,24H,7-8H2,1-2H3/t13-,15-,16+,18+,19-/m1/s1.